The zero-order valence-electron chi connectivity index (χ0n) is 31.9. The summed E-state index contributed by atoms with van der Waals surface area (Å²) in [4.78, 5) is 12.1. The molecule has 8 heteroatoms. The van der Waals surface area contributed by atoms with Gasteiger partial charge in [0.1, 0.15) is 0 Å². The first-order valence-corrected chi connectivity index (χ1v) is 28.9. The van der Waals surface area contributed by atoms with Crippen molar-refractivity contribution in [3.63, 3.8) is 0 Å². The Labute approximate surface area is 281 Å². The fourth-order valence-electron chi connectivity index (χ4n) is 11.1. The molecule has 4 fully saturated rings. The van der Waals surface area contributed by atoms with E-state index >= 15 is 0 Å². The SMILES string of the molecule is COC(=O)C(C)CCCC(C)[C@H]1CCC2C3C(C[C@H](O[Si](C)(C)C)[C@@]21C)[C@@]1(C)CC[C@@H](O[Si](C)(C)C)C[C@H]1C[C@H]3O[Si](C)(C)C. The maximum atomic E-state index is 12.1. The largest absolute Gasteiger partial charge is 0.469 e. The molecule has 0 aliphatic heterocycles. The number of hydrogen-bond donors (Lipinski definition) is 0. The molecule has 0 radical (unpaired) electrons. The predicted octanol–water partition coefficient (Wildman–Crippen LogP) is 10.1. The van der Waals surface area contributed by atoms with Crippen molar-refractivity contribution in [2.75, 3.05) is 7.11 Å². The van der Waals surface area contributed by atoms with Crippen LogP contribution in [-0.2, 0) is 22.8 Å². The van der Waals surface area contributed by atoms with E-state index in [0.29, 0.717) is 59.2 Å². The van der Waals surface area contributed by atoms with Crippen molar-refractivity contribution in [3.8, 4) is 0 Å². The van der Waals surface area contributed by atoms with Gasteiger partial charge in [0.2, 0.25) is 0 Å². The van der Waals surface area contributed by atoms with Crippen molar-refractivity contribution in [2.45, 2.75) is 169 Å². The average molecular weight is 681 g/mol. The lowest BCUT2D eigenvalue weighted by molar-refractivity contribution is -0.199. The predicted molar refractivity (Wildman–Crippen MR) is 195 cm³/mol. The molecule has 4 aliphatic carbocycles. The van der Waals surface area contributed by atoms with Crippen molar-refractivity contribution < 1.29 is 22.8 Å². The third kappa shape index (κ3) is 8.42. The molecule has 0 aromatic carbocycles. The number of hydrogen-bond acceptors (Lipinski definition) is 5. The maximum absolute atomic E-state index is 12.1. The lowest BCUT2D eigenvalue weighted by Crippen LogP contribution is -2.64. The summed E-state index contributed by atoms with van der Waals surface area (Å²) in [6, 6.07) is 0. The molecule has 5 nitrogen and oxygen atoms in total. The van der Waals surface area contributed by atoms with Crippen LogP contribution in [0.4, 0.5) is 0 Å². The molecule has 45 heavy (non-hydrogen) atoms. The molecule has 0 aromatic rings. The van der Waals surface area contributed by atoms with Crippen LogP contribution in [0.3, 0.4) is 0 Å². The highest BCUT2D eigenvalue weighted by molar-refractivity contribution is 6.70. The molecule has 262 valence electrons. The van der Waals surface area contributed by atoms with Crippen LogP contribution in [0.25, 0.3) is 0 Å². The van der Waals surface area contributed by atoms with Crippen LogP contribution in [0, 0.1) is 52.3 Å². The summed E-state index contributed by atoms with van der Waals surface area (Å²) in [5.74, 6) is 3.76. The van der Waals surface area contributed by atoms with E-state index in [9.17, 15) is 4.79 Å². The van der Waals surface area contributed by atoms with Crippen LogP contribution in [0.1, 0.15) is 91.9 Å². The summed E-state index contributed by atoms with van der Waals surface area (Å²) in [5, 5.41) is 0. The van der Waals surface area contributed by atoms with Crippen LogP contribution >= 0.6 is 0 Å². The second-order valence-corrected chi connectivity index (χ2v) is 32.8. The van der Waals surface area contributed by atoms with Crippen molar-refractivity contribution in [1.82, 2.24) is 0 Å². The summed E-state index contributed by atoms with van der Waals surface area (Å²) >= 11 is 0. The first-order valence-electron chi connectivity index (χ1n) is 18.7. The summed E-state index contributed by atoms with van der Waals surface area (Å²) in [5.41, 5.74) is 0.497. The first kappa shape index (κ1) is 37.8. The standard InChI is InChI=1S/C37H72O5Si3/c1-25(16-15-17-26(2)35(38)39-5)29-18-19-30-34-31(24-33(37(29,30)4)42-45(12,13)14)36(3)21-20-28(40-43(6,7)8)22-27(36)23-32(34)41-44(9,10)11/h25-34H,15-24H2,1-14H3/t25?,26?,27-,28+,29+,30?,31?,32+,33-,34?,36-,37+/m0/s1. The van der Waals surface area contributed by atoms with E-state index < -0.39 is 25.0 Å². The van der Waals surface area contributed by atoms with E-state index in [1.807, 2.05) is 6.92 Å². The van der Waals surface area contributed by atoms with Crippen molar-refractivity contribution in [2.24, 2.45) is 52.3 Å². The van der Waals surface area contributed by atoms with Gasteiger partial charge in [-0.2, -0.15) is 0 Å². The van der Waals surface area contributed by atoms with Gasteiger partial charge in [0.15, 0.2) is 25.0 Å². The molecule has 4 rings (SSSR count). The summed E-state index contributed by atoms with van der Waals surface area (Å²) in [7, 11) is -3.60. The number of rotatable bonds is 12. The fraction of sp³-hybridized carbons (Fsp3) is 0.973. The van der Waals surface area contributed by atoms with Crippen LogP contribution in [0.5, 0.6) is 0 Å². The third-order valence-corrected chi connectivity index (χ3v) is 15.9. The number of esters is 1. The Kier molecular flexibility index (Phi) is 11.5. The Morgan fingerprint density at radius 2 is 1.40 bits per heavy atom. The van der Waals surface area contributed by atoms with Gasteiger partial charge in [-0.15, -0.1) is 0 Å². The summed E-state index contributed by atoms with van der Waals surface area (Å²) in [6.45, 7) is 31.3. The highest BCUT2D eigenvalue weighted by Crippen LogP contribution is 2.69. The van der Waals surface area contributed by atoms with Gasteiger partial charge >= 0.3 is 5.97 Å². The lowest BCUT2D eigenvalue weighted by Gasteiger charge is -2.66. The van der Waals surface area contributed by atoms with Crippen molar-refractivity contribution in [1.29, 1.82) is 0 Å². The van der Waals surface area contributed by atoms with E-state index in [2.05, 4.69) is 79.7 Å². The number of ether oxygens (including phenoxy) is 1. The van der Waals surface area contributed by atoms with Gasteiger partial charge in [-0.3, -0.25) is 4.79 Å². The zero-order chi connectivity index (χ0) is 33.8. The monoisotopic (exact) mass is 680 g/mol. The van der Waals surface area contributed by atoms with Gasteiger partial charge in [0, 0.05) is 12.2 Å². The second-order valence-electron chi connectivity index (χ2n) is 19.5. The number of carbonyl (C=O) groups excluding carboxylic acids is 1. The first-order chi connectivity index (χ1) is 20.6. The molecule has 0 amide bonds. The molecule has 0 heterocycles. The molecule has 4 aliphatic rings. The molecule has 0 aromatic heterocycles. The minimum Gasteiger partial charge on any atom is -0.469 e. The molecule has 0 spiro atoms. The van der Waals surface area contributed by atoms with Gasteiger partial charge in [-0.1, -0.05) is 40.5 Å². The normalized spacial score (nSPS) is 40.2. The Morgan fingerprint density at radius 3 is 1.98 bits per heavy atom. The highest BCUT2D eigenvalue weighted by Gasteiger charge is 2.67. The average Bonchev–Trinajstić information content (AvgIpc) is 3.25. The van der Waals surface area contributed by atoms with E-state index in [4.69, 9.17) is 18.0 Å². The van der Waals surface area contributed by atoms with Gasteiger partial charge in [0.25, 0.3) is 0 Å². The van der Waals surface area contributed by atoms with Crippen LogP contribution < -0.4 is 0 Å². The van der Waals surface area contributed by atoms with E-state index in [1.165, 1.54) is 58.5 Å². The highest BCUT2D eigenvalue weighted by atomic mass is 28.4. The molecule has 5 unspecified atom stereocenters. The van der Waals surface area contributed by atoms with Crippen molar-refractivity contribution in [3.05, 3.63) is 0 Å². The summed E-state index contributed by atoms with van der Waals surface area (Å²) in [6.07, 6.45) is 13.0. The minimum atomic E-state index is -1.78. The minimum absolute atomic E-state index is 0.0193. The van der Waals surface area contributed by atoms with E-state index in [0.717, 1.165) is 12.8 Å². The van der Waals surface area contributed by atoms with Crippen LogP contribution in [0.2, 0.25) is 58.9 Å². The zero-order valence-corrected chi connectivity index (χ0v) is 34.9. The Balaban J connectivity index is 1.67. The lowest BCUT2D eigenvalue weighted by atomic mass is 9.43. The number of fused-ring (bicyclic) bond motifs is 5. The number of carbonyl (C=O) groups is 1. The summed E-state index contributed by atoms with van der Waals surface area (Å²) < 4.78 is 26.5. The van der Waals surface area contributed by atoms with Crippen LogP contribution in [-0.4, -0.2) is 56.3 Å². The third-order valence-electron chi connectivity index (χ3n) is 12.9. The van der Waals surface area contributed by atoms with Crippen molar-refractivity contribution >= 4 is 30.9 Å². The van der Waals surface area contributed by atoms with Gasteiger partial charge in [-0.05, 0) is 157 Å². The van der Waals surface area contributed by atoms with E-state index in [-0.39, 0.29) is 17.3 Å². The Hall–Kier alpha value is 0.000649. The van der Waals surface area contributed by atoms with Gasteiger partial charge in [-0.25, -0.2) is 0 Å². The maximum Gasteiger partial charge on any atom is 0.308 e. The topological polar surface area (TPSA) is 54.0 Å². The number of methoxy groups -OCH3 is 1. The van der Waals surface area contributed by atoms with Crippen LogP contribution in [0.15, 0.2) is 0 Å². The fourth-order valence-corrected chi connectivity index (χ4v) is 14.7. The second kappa shape index (κ2) is 13.7. The molecule has 0 N–H and O–H groups in total. The van der Waals surface area contributed by atoms with E-state index in [1.54, 1.807) is 0 Å². The van der Waals surface area contributed by atoms with Gasteiger partial charge < -0.3 is 18.0 Å². The molecule has 4 saturated carbocycles. The van der Waals surface area contributed by atoms with Gasteiger partial charge in [0.05, 0.1) is 19.1 Å². The smallest absolute Gasteiger partial charge is 0.308 e. The Morgan fingerprint density at radius 1 is 0.778 bits per heavy atom. The molecule has 0 bridgehead atoms. The quantitative estimate of drug-likeness (QED) is 0.152. The molecular weight excluding hydrogens is 609 g/mol. The molecule has 0 saturated heterocycles. The Bertz CT molecular complexity index is 1020. The molecular formula is C37H72O5Si3. The molecule has 12 atom stereocenters.